The van der Waals surface area contributed by atoms with Crippen LogP contribution in [-0.4, -0.2) is 37.2 Å². The topological polar surface area (TPSA) is 78.9 Å². The molecule has 0 bridgehead atoms. The van der Waals surface area contributed by atoms with Gasteiger partial charge in [-0.1, -0.05) is 232 Å². The van der Waals surface area contributed by atoms with E-state index in [0.717, 1.165) is 148 Å². The van der Waals surface area contributed by atoms with Crippen LogP contribution in [-0.2, 0) is 28.6 Å². The lowest BCUT2D eigenvalue weighted by Crippen LogP contribution is -2.30. The molecule has 0 aliphatic rings. The van der Waals surface area contributed by atoms with Crippen LogP contribution in [0, 0.1) is 0 Å². The smallest absolute Gasteiger partial charge is 0.306 e. The van der Waals surface area contributed by atoms with Crippen molar-refractivity contribution in [2.24, 2.45) is 0 Å². The number of ether oxygens (including phenoxy) is 3. The predicted molar refractivity (Wildman–Crippen MR) is 316 cm³/mol. The summed E-state index contributed by atoms with van der Waals surface area (Å²) in [5, 5.41) is 0. The highest BCUT2D eigenvalue weighted by atomic mass is 16.6. The first-order valence-corrected chi connectivity index (χ1v) is 30.0. The van der Waals surface area contributed by atoms with Gasteiger partial charge in [-0.25, -0.2) is 0 Å². The highest BCUT2D eigenvalue weighted by Crippen LogP contribution is 2.14. The van der Waals surface area contributed by atoms with Crippen molar-refractivity contribution in [2.75, 3.05) is 13.2 Å². The largest absolute Gasteiger partial charge is 0.462 e. The molecule has 0 aromatic heterocycles. The molecule has 414 valence electrons. The molecule has 1 atom stereocenters. The van der Waals surface area contributed by atoms with Crippen LogP contribution >= 0.6 is 0 Å². The van der Waals surface area contributed by atoms with Crippen molar-refractivity contribution in [1.82, 2.24) is 0 Å². The quantitative estimate of drug-likeness (QED) is 0.0261. The first kappa shape index (κ1) is 68.8. The molecule has 0 aromatic rings. The van der Waals surface area contributed by atoms with Crippen LogP contribution in [0.4, 0.5) is 0 Å². The molecule has 0 aromatic carbocycles. The lowest BCUT2D eigenvalue weighted by atomic mass is 10.1. The van der Waals surface area contributed by atoms with Gasteiger partial charge in [-0.05, 0) is 135 Å². The average molecular weight is 1010 g/mol. The fraction of sp³-hybridized carbons (Fsp3) is 0.657. The molecule has 0 saturated carbocycles. The van der Waals surface area contributed by atoms with Crippen LogP contribution in [0.2, 0.25) is 0 Å². The lowest BCUT2D eigenvalue weighted by Gasteiger charge is -2.18. The maximum absolute atomic E-state index is 12.9. The van der Waals surface area contributed by atoms with Gasteiger partial charge < -0.3 is 14.2 Å². The number of hydrogen-bond donors (Lipinski definition) is 0. The van der Waals surface area contributed by atoms with Crippen LogP contribution in [0.15, 0.2) is 122 Å². The molecule has 0 radical (unpaired) electrons. The van der Waals surface area contributed by atoms with E-state index in [2.05, 4.69) is 142 Å². The summed E-state index contributed by atoms with van der Waals surface area (Å²) in [5.41, 5.74) is 0. The molecule has 0 amide bonds. The van der Waals surface area contributed by atoms with E-state index in [4.69, 9.17) is 14.2 Å². The Bertz CT molecular complexity index is 1540. The number of unbranched alkanes of at least 4 members (excludes halogenated alkanes) is 22. The Morgan fingerprint density at radius 2 is 0.534 bits per heavy atom. The monoisotopic (exact) mass is 1010 g/mol. The van der Waals surface area contributed by atoms with E-state index in [-0.39, 0.29) is 31.1 Å². The van der Waals surface area contributed by atoms with Gasteiger partial charge in [0.25, 0.3) is 0 Å². The molecule has 6 nitrogen and oxygen atoms in total. The van der Waals surface area contributed by atoms with Gasteiger partial charge >= 0.3 is 17.9 Å². The van der Waals surface area contributed by atoms with Crippen molar-refractivity contribution in [3.63, 3.8) is 0 Å². The van der Waals surface area contributed by atoms with Gasteiger partial charge in [0.2, 0.25) is 0 Å². The Hall–Kier alpha value is -4.19. The Morgan fingerprint density at radius 3 is 0.877 bits per heavy atom. The normalized spacial score (nSPS) is 13.0. The van der Waals surface area contributed by atoms with E-state index in [1.807, 2.05) is 0 Å². The Balaban J connectivity index is 4.46. The van der Waals surface area contributed by atoms with Crippen molar-refractivity contribution in [1.29, 1.82) is 0 Å². The summed E-state index contributed by atoms with van der Waals surface area (Å²) in [6, 6.07) is 0. The molecule has 0 aliphatic carbocycles. The minimum absolute atomic E-state index is 0.0987. The van der Waals surface area contributed by atoms with E-state index >= 15 is 0 Å². The van der Waals surface area contributed by atoms with Crippen LogP contribution in [0.5, 0.6) is 0 Å². The molecule has 73 heavy (non-hydrogen) atoms. The second-order valence-electron chi connectivity index (χ2n) is 19.5. The number of carbonyl (C=O) groups excluding carboxylic acids is 3. The third-order valence-corrected chi connectivity index (χ3v) is 12.4. The van der Waals surface area contributed by atoms with Gasteiger partial charge in [0.05, 0.1) is 0 Å². The molecule has 6 heteroatoms. The minimum atomic E-state index is -0.804. The van der Waals surface area contributed by atoms with Gasteiger partial charge in [0.15, 0.2) is 6.10 Å². The highest BCUT2D eigenvalue weighted by Gasteiger charge is 2.19. The van der Waals surface area contributed by atoms with Gasteiger partial charge in [-0.3, -0.25) is 14.4 Å². The van der Waals surface area contributed by atoms with Crippen LogP contribution in [0.1, 0.15) is 265 Å². The summed E-state index contributed by atoms with van der Waals surface area (Å²) in [6.07, 6.45) is 83.3. The third-order valence-electron chi connectivity index (χ3n) is 12.4. The van der Waals surface area contributed by atoms with Gasteiger partial charge in [-0.15, -0.1) is 0 Å². The molecule has 0 saturated heterocycles. The summed E-state index contributed by atoms with van der Waals surface area (Å²) in [5.74, 6) is -0.945. The molecule has 0 aliphatic heterocycles. The van der Waals surface area contributed by atoms with Gasteiger partial charge in [0, 0.05) is 19.3 Å². The van der Waals surface area contributed by atoms with Gasteiger partial charge in [-0.2, -0.15) is 0 Å². The Kier molecular flexibility index (Phi) is 56.9. The van der Waals surface area contributed by atoms with Crippen molar-refractivity contribution >= 4 is 17.9 Å². The fourth-order valence-corrected chi connectivity index (χ4v) is 7.92. The van der Waals surface area contributed by atoms with Crippen LogP contribution < -0.4 is 0 Å². The summed E-state index contributed by atoms with van der Waals surface area (Å²) >= 11 is 0. The summed E-state index contributed by atoms with van der Waals surface area (Å²) in [4.78, 5) is 38.2. The predicted octanol–water partition coefficient (Wildman–Crippen LogP) is 20.4. The molecule has 0 spiro atoms. The molecule has 0 N–H and O–H groups in total. The van der Waals surface area contributed by atoms with Gasteiger partial charge in [0.1, 0.15) is 13.2 Å². The summed E-state index contributed by atoms with van der Waals surface area (Å²) < 4.78 is 16.9. The Morgan fingerprint density at radius 1 is 0.288 bits per heavy atom. The molecule has 1 unspecified atom stereocenters. The van der Waals surface area contributed by atoms with Crippen LogP contribution in [0.25, 0.3) is 0 Å². The standard InChI is InChI=1S/C67H110O6/c1-4-7-10-13-16-19-22-25-27-29-31-32-33-34-36-37-39-42-45-48-51-54-57-60-66(69)72-63-64(62-71-65(68)59-56-53-50-47-44-41-24-21-18-15-12-9-6-3)73-67(70)61-58-55-52-49-46-43-40-38-35-30-28-26-23-20-17-14-11-8-5-2/h7,10,16-17,19-21,24-28,31-32,34-36,38-39,42,64H,4-6,8-9,11-15,18,22-23,29-30,33,37,40-41,43-63H2,1-3H3/b10-7-,19-16-,20-17-,24-21-,27-25-,28-26-,32-31-,36-34-,38-35-,42-39-. The summed E-state index contributed by atoms with van der Waals surface area (Å²) in [7, 11) is 0. The second kappa shape index (κ2) is 60.4. The van der Waals surface area contributed by atoms with Crippen molar-refractivity contribution in [3.8, 4) is 0 Å². The van der Waals surface area contributed by atoms with E-state index in [1.165, 1.54) is 77.0 Å². The molecule has 0 heterocycles. The highest BCUT2D eigenvalue weighted by molar-refractivity contribution is 5.71. The van der Waals surface area contributed by atoms with Crippen molar-refractivity contribution < 1.29 is 28.6 Å². The van der Waals surface area contributed by atoms with Crippen LogP contribution in [0.3, 0.4) is 0 Å². The van der Waals surface area contributed by atoms with E-state index < -0.39 is 6.10 Å². The SMILES string of the molecule is CC/C=C\C/C=C\C/C=C\C/C=C\C/C=C\C/C=C\CCCCCCC(=O)OCC(COC(=O)CCCCCCC/C=C\CCCCCC)OC(=O)CCCCCCCC/C=C\C/C=C\C/C=C\CCCCC. The maximum Gasteiger partial charge on any atom is 0.306 e. The first-order valence-electron chi connectivity index (χ1n) is 30.0. The fourth-order valence-electron chi connectivity index (χ4n) is 7.92. The van der Waals surface area contributed by atoms with E-state index in [1.54, 1.807) is 0 Å². The maximum atomic E-state index is 12.9. The third kappa shape index (κ3) is 58.6. The number of allylic oxidation sites excluding steroid dienone is 20. The number of esters is 3. The molecular weight excluding hydrogens is 901 g/mol. The first-order chi connectivity index (χ1) is 36.0. The second-order valence-corrected chi connectivity index (χ2v) is 19.5. The zero-order valence-corrected chi connectivity index (χ0v) is 47.4. The lowest BCUT2D eigenvalue weighted by molar-refractivity contribution is -0.167. The molecule has 0 fully saturated rings. The average Bonchev–Trinajstić information content (AvgIpc) is 3.39. The molecule has 0 rings (SSSR count). The van der Waals surface area contributed by atoms with E-state index in [9.17, 15) is 14.4 Å². The zero-order valence-electron chi connectivity index (χ0n) is 47.4. The number of rotatable bonds is 53. The van der Waals surface area contributed by atoms with Crippen molar-refractivity contribution in [3.05, 3.63) is 122 Å². The number of carbonyl (C=O) groups is 3. The Labute approximate surface area is 450 Å². The molecular formula is C67H110O6. The van der Waals surface area contributed by atoms with E-state index in [0.29, 0.717) is 19.3 Å². The number of hydrogen-bond acceptors (Lipinski definition) is 6. The summed E-state index contributed by atoms with van der Waals surface area (Å²) in [6.45, 7) is 6.44. The van der Waals surface area contributed by atoms with Crippen molar-refractivity contribution in [2.45, 2.75) is 271 Å². The zero-order chi connectivity index (χ0) is 52.9. The minimum Gasteiger partial charge on any atom is -0.462 e.